The first kappa shape index (κ1) is 16.3. The van der Waals surface area contributed by atoms with Crippen LogP contribution in [0.3, 0.4) is 0 Å². The van der Waals surface area contributed by atoms with Crippen molar-refractivity contribution in [3.8, 4) is 11.5 Å². The molecule has 3 rings (SSSR count). The molecule has 0 bridgehead atoms. The number of halogens is 4. The summed E-state index contributed by atoms with van der Waals surface area (Å²) in [4.78, 5) is 4.27. The zero-order chi connectivity index (χ0) is 16.4. The van der Waals surface area contributed by atoms with Crippen molar-refractivity contribution >= 4 is 58.6 Å². The Balaban J connectivity index is 1.86. The number of aromatic nitrogens is 2. The van der Waals surface area contributed by atoms with Gasteiger partial charge in [0.1, 0.15) is 0 Å². The molecule has 0 aliphatic rings. The Bertz CT molecular complexity index is 890. The van der Waals surface area contributed by atoms with Gasteiger partial charge in [0.25, 0.3) is 5.89 Å². The molecular weight excluding hydrogens is 378 g/mol. The highest BCUT2D eigenvalue weighted by Gasteiger charge is 2.11. The average molecular weight is 386 g/mol. The van der Waals surface area contributed by atoms with Gasteiger partial charge in [-0.1, -0.05) is 57.6 Å². The molecular formula is C16H8Cl4N2O. The van der Waals surface area contributed by atoms with Crippen LogP contribution in [0, 0.1) is 0 Å². The summed E-state index contributed by atoms with van der Waals surface area (Å²) < 4.78 is 5.22. The van der Waals surface area contributed by atoms with Crippen molar-refractivity contribution < 1.29 is 4.52 Å². The third-order valence-electron chi connectivity index (χ3n) is 2.98. The minimum Gasteiger partial charge on any atom is -0.334 e. The topological polar surface area (TPSA) is 38.9 Å². The molecule has 0 saturated carbocycles. The molecule has 3 nitrogen and oxygen atoms in total. The lowest BCUT2D eigenvalue weighted by Crippen LogP contribution is -1.81. The molecule has 0 aliphatic carbocycles. The fourth-order valence-corrected chi connectivity index (χ4v) is 2.84. The molecule has 23 heavy (non-hydrogen) atoms. The van der Waals surface area contributed by atoms with E-state index in [-0.39, 0.29) is 0 Å². The van der Waals surface area contributed by atoms with Crippen molar-refractivity contribution in [1.29, 1.82) is 0 Å². The minimum atomic E-state index is 0.313. The third kappa shape index (κ3) is 3.88. The van der Waals surface area contributed by atoms with Gasteiger partial charge in [0.2, 0.25) is 0 Å². The van der Waals surface area contributed by atoms with Gasteiger partial charge in [0.05, 0.1) is 10.6 Å². The predicted molar refractivity (Wildman–Crippen MR) is 95.1 cm³/mol. The molecule has 0 radical (unpaired) electrons. The second-order valence-corrected chi connectivity index (χ2v) is 6.27. The standard InChI is InChI=1S/C16H8Cl4N2O/c17-10-3-1-9(13(19)7-10)2-6-15-21-16(23-22-15)12-5-4-11(18)8-14(12)20/h1-8H/b6-2+. The van der Waals surface area contributed by atoms with Crippen LogP contribution in [0.4, 0.5) is 0 Å². The Morgan fingerprint density at radius 3 is 2.22 bits per heavy atom. The van der Waals surface area contributed by atoms with Gasteiger partial charge in [-0.2, -0.15) is 4.98 Å². The summed E-state index contributed by atoms with van der Waals surface area (Å²) in [5.74, 6) is 0.713. The van der Waals surface area contributed by atoms with Crippen LogP contribution < -0.4 is 0 Å². The predicted octanol–water partition coefficient (Wildman–Crippen LogP) is 6.52. The second-order valence-electron chi connectivity index (χ2n) is 4.58. The van der Waals surface area contributed by atoms with Gasteiger partial charge in [-0.05, 0) is 48.0 Å². The second kappa shape index (κ2) is 6.93. The maximum absolute atomic E-state index is 6.12. The van der Waals surface area contributed by atoms with Crippen molar-refractivity contribution in [2.24, 2.45) is 0 Å². The van der Waals surface area contributed by atoms with Gasteiger partial charge in [0, 0.05) is 15.1 Å². The molecule has 0 amide bonds. The van der Waals surface area contributed by atoms with Gasteiger partial charge in [-0.3, -0.25) is 0 Å². The van der Waals surface area contributed by atoms with E-state index in [9.17, 15) is 0 Å². The zero-order valence-electron chi connectivity index (χ0n) is 11.4. The minimum absolute atomic E-state index is 0.313. The summed E-state index contributed by atoms with van der Waals surface area (Å²) in [5, 5.41) is 5.98. The summed E-state index contributed by atoms with van der Waals surface area (Å²) in [7, 11) is 0. The third-order valence-corrected chi connectivity index (χ3v) is 4.09. The highest BCUT2D eigenvalue weighted by atomic mass is 35.5. The maximum Gasteiger partial charge on any atom is 0.259 e. The van der Waals surface area contributed by atoms with E-state index in [0.29, 0.717) is 37.4 Å². The van der Waals surface area contributed by atoms with Crippen LogP contribution in [0.15, 0.2) is 40.9 Å². The molecule has 2 aromatic carbocycles. The Morgan fingerprint density at radius 1 is 0.826 bits per heavy atom. The smallest absolute Gasteiger partial charge is 0.259 e. The Hall–Kier alpha value is -1.52. The summed E-state index contributed by atoms with van der Waals surface area (Å²) >= 11 is 24.0. The molecule has 116 valence electrons. The van der Waals surface area contributed by atoms with Crippen molar-refractivity contribution in [2.45, 2.75) is 0 Å². The van der Waals surface area contributed by atoms with E-state index in [1.165, 1.54) is 0 Å². The molecule has 0 fully saturated rings. The van der Waals surface area contributed by atoms with Crippen LogP contribution in [0.2, 0.25) is 20.1 Å². The molecule has 3 aromatic rings. The van der Waals surface area contributed by atoms with Crippen molar-refractivity contribution in [3.63, 3.8) is 0 Å². The van der Waals surface area contributed by atoms with Gasteiger partial charge >= 0.3 is 0 Å². The lowest BCUT2D eigenvalue weighted by Gasteiger charge is -1.98. The van der Waals surface area contributed by atoms with Gasteiger partial charge in [-0.15, -0.1) is 0 Å². The number of benzene rings is 2. The molecule has 1 heterocycles. The Morgan fingerprint density at radius 2 is 1.52 bits per heavy atom. The van der Waals surface area contributed by atoms with Gasteiger partial charge in [-0.25, -0.2) is 0 Å². The van der Waals surface area contributed by atoms with E-state index in [1.807, 2.05) is 0 Å². The average Bonchev–Trinajstić information content (AvgIpc) is 2.95. The molecule has 0 N–H and O–H groups in total. The Labute approximate surface area is 152 Å². The Kier molecular flexibility index (Phi) is 4.93. The van der Waals surface area contributed by atoms with E-state index in [4.69, 9.17) is 50.9 Å². The highest BCUT2D eigenvalue weighted by molar-refractivity contribution is 6.36. The lowest BCUT2D eigenvalue weighted by molar-refractivity contribution is 0.429. The lowest BCUT2D eigenvalue weighted by atomic mass is 10.2. The monoisotopic (exact) mass is 384 g/mol. The molecule has 7 heteroatoms. The van der Waals surface area contributed by atoms with Gasteiger partial charge in [0.15, 0.2) is 5.82 Å². The first-order valence-corrected chi connectivity index (χ1v) is 7.96. The molecule has 0 saturated heterocycles. The maximum atomic E-state index is 6.12. The van der Waals surface area contributed by atoms with Crippen molar-refractivity contribution in [2.75, 3.05) is 0 Å². The van der Waals surface area contributed by atoms with E-state index in [1.54, 1.807) is 48.6 Å². The van der Waals surface area contributed by atoms with Crippen LogP contribution in [0.1, 0.15) is 11.4 Å². The summed E-state index contributed by atoms with van der Waals surface area (Å²) in [5.41, 5.74) is 1.42. The summed E-state index contributed by atoms with van der Waals surface area (Å²) in [6, 6.07) is 10.3. The normalized spacial score (nSPS) is 11.3. The molecule has 0 aliphatic heterocycles. The van der Waals surface area contributed by atoms with E-state index >= 15 is 0 Å². The molecule has 0 atom stereocenters. The number of hydrogen-bond acceptors (Lipinski definition) is 3. The van der Waals surface area contributed by atoms with Crippen LogP contribution in [-0.2, 0) is 0 Å². The van der Waals surface area contributed by atoms with Crippen LogP contribution in [0.25, 0.3) is 23.6 Å². The van der Waals surface area contributed by atoms with Crippen LogP contribution in [0.5, 0.6) is 0 Å². The fourth-order valence-electron chi connectivity index (χ4n) is 1.88. The summed E-state index contributed by atoms with van der Waals surface area (Å²) in [6.07, 6.45) is 3.46. The SMILES string of the molecule is Clc1ccc(/C=C/c2noc(-c3ccc(Cl)cc3Cl)n2)c(Cl)c1. The quantitative estimate of drug-likeness (QED) is 0.515. The van der Waals surface area contributed by atoms with Crippen molar-refractivity contribution in [1.82, 2.24) is 10.1 Å². The van der Waals surface area contributed by atoms with Gasteiger partial charge < -0.3 is 4.52 Å². The molecule has 1 aromatic heterocycles. The molecule has 0 spiro atoms. The first-order chi connectivity index (χ1) is 11.0. The number of hydrogen-bond donors (Lipinski definition) is 0. The van der Waals surface area contributed by atoms with E-state index < -0.39 is 0 Å². The van der Waals surface area contributed by atoms with Crippen molar-refractivity contribution in [3.05, 3.63) is 67.9 Å². The number of rotatable bonds is 3. The van der Waals surface area contributed by atoms with Crippen LogP contribution >= 0.6 is 46.4 Å². The number of nitrogens with zero attached hydrogens (tertiary/aromatic N) is 2. The zero-order valence-corrected chi connectivity index (χ0v) is 14.5. The first-order valence-electron chi connectivity index (χ1n) is 6.45. The largest absolute Gasteiger partial charge is 0.334 e. The molecule has 0 unspecified atom stereocenters. The fraction of sp³-hybridized carbons (Fsp3) is 0. The van der Waals surface area contributed by atoms with Crippen LogP contribution in [-0.4, -0.2) is 10.1 Å². The summed E-state index contributed by atoms with van der Waals surface area (Å²) in [6.45, 7) is 0. The van der Waals surface area contributed by atoms with E-state index in [2.05, 4.69) is 10.1 Å². The highest BCUT2D eigenvalue weighted by Crippen LogP contribution is 2.29. The van der Waals surface area contributed by atoms with E-state index in [0.717, 1.165) is 5.56 Å².